The van der Waals surface area contributed by atoms with E-state index in [-0.39, 0.29) is 10.8 Å². The lowest BCUT2D eigenvalue weighted by Crippen LogP contribution is -2.40. The van der Waals surface area contributed by atoms with Gasteiger partial charge in [-0.25, -0.2) is 0 Å². The van der Waals surface area contributed by atoms with Gasteiger partial charge in [-0.2, -0.15) is 16.9 Å². The summed E-state index contributed by atoms with van der Waals surface area (Å²) in [5.41, 5.74) is 4.97. The van der Waals surface area contributed by atoms with Crippen molar-refractivity contribution in [3.8, 4) is 0 Å². The van der Waals surface area contributed by atoms with Crippen molar-refractivity contribution < 1.29 is 0 Å². The van der Waals surface area contributed by atoms with Crippen molar-refractivity contribution in [1.82, 2.24) is 15.2 Å². The Hall–Kier alpha value is -0.230. The first kappa shape index (κ1) is 17.8. The van der Waals surface area contributed by atoms with Gasteiger partial charge < -0.3 is 0 Å². The van der Waals surface area contributed by atoms with Crippen LogP contribution < -0.4 is 11.3 Å². The molecule has 0 saturated heterocycles. The molecule has 0 bridgehead atoms. The highest BCUT2D eigenvalue weighted by molar-refractivity contribution is 8.00. The molecule has 116 valence electrons. The topological polar surface area (TPSA) is 55.9 Å². The third-order valence-electron chi connectivity index (χ3n) is 3.09. The van der Waals surface area contributed by atoms with E-state index in [1.807, 2.05) is 16.4 Å². The number of rotatable bonds is 7. The van der Waals surface area contributed by atoms with Gasteiger partial charge in [0.2, 0.25) is 0 Å². The van der Waals surface area contributed by atoms with Gasteiger partial charge in [-0.1, -0.05) is 39.3 Å². The van der Waals surface area contributed by atoms with Gasteiger partial charge in [-0.3, -0.25) is 16.0 Å². The zero-order chi connectivity index (χ0) is 15.3. The number of nitrogens with zero attached hydrogens (tertiary/aromatic N) is 2. The Morgan fingerprint density at radius 2 is 2.05 bits per heavy atom. The molecule has 0 fully saturated rings. The van der Waals surface area contributed by atoms with E-state index in [2.05, 4.69) is 45.1 Å². The third-order valence-corrected chi connectivity index (χ3v) is 4.96. The molecule has 0 radical (unpaired) electrons. The molecule has 0 aliphatic rings. The minimum absolute atomic E-state index is 0.198. The molecule has 0 spiro atoms. The summed E-state index contributed by atoms with van der Waals surface area (Å²) in [6.07, 6.45) is 1.66. The van der Waals surface area contributed by atoms with Crippen LogP contribution in [0.4, 0.5) is 0 Å². The third kappa shape index (κ3) is 4.95. The van der Waals surface area contributed by atoms with Crippen molar-refractivity contribution in [2.75, 3.05) is 5.75 Å². The molecule has 0 aromatic carbocycles. The molecule has 0 aliphatic carbocycles. The maximum absolute atomic E-state index is 6.44. The predicted molar refractivity (Wildman–Crippen MR) is 89.3 cm³/mol. The lowest BCUT2D eigenvalue weighted by molar-refractivity contribution is 0.532. The maximum Gasteiger partial charge on any atom is 0.0850 e. The van der Waals surface area contributed by atoms with Gasteiger partial charge in [-0.15, -0.1) is 0 Å². The first-order chi connectivity index (χ1) is 9.32. The largest absolute Gasteiger partial charge is 0.271 e. The highest BCUT2D eigenvalue weighted by atomic mass is 35.5. The first-order valence-corrected chi connectivity index (χ1v) is 8.52. The van der Waals surface area contributed by atoms with E-state index < -0.39 is 0 Å². The summed E-state index contributed by atoms with van der Waals surface area (Å²) in [4.78, 5) is 0. The highest BCUT2D eigenvalue weighted by Gasteiger charge is 2.20. The van der Waals surface area contributed by atoms with Crippen molar-refractivity contribution in [3.05, 3.63) is 16.4 Å². The van der Waals surface area contributed by atoms with Crippen LogP contribution in [0.3, 0.4) is 0 Å². The molecule has 20 heavy (non-hydrogen) atoms. The normalized spacial score (nSPS) is 13.8. The fourth-order valence-corrected chi connectivity index (χ4v) is 3.22. The number of aromatic nitrogens is 2. The molecule has 0 saturated carbocycles. The van der Waals surface area contributed by atoms with Crippen molar-refractivity contribution in [1.29, 1.82) is 0 Å². The van der Waals surface area contributed by atoms with Gasteiger partial charge in [0.1, 0.15) is 0 Å². The van der Waals surface area contributed by atoms with Crippen molar-refractivity contribution in [2.24, 2.45) is 5.84 Å². The summed E-state index contributed by atoms with van der Waals surface area (Å²) >= 11 is 8.34. The number of aryl methyl sites for hydroxylation is 2. The first-order valence-electron chi connectivity index (χ1n) is 7.16. The van der Waals surface area contributed by atoms with Crippen molar-refractivity contribution in [2.45, 2.75) is 64.8 Å². The SMILES string of the molecule is CCc1nn(CC)c(CC(CSC(C)(C)C)NN)c1Cl. The van der Waals surface area contributed by atoms with Crippen LogP contribution in [-0.4, -0.2) is 26.3 Å². The average Bonchev–Trinajstić information content (AvgIpc) is 2.69. The van der Waals surface area contributed by atoms with Crippen molar-refractivity contribution >= 4 is 23.4 Å². The minimum atomic E-state index is 0.198. The van der Waals surface area contributed by atoms with Gasteiger partial charge in [0.15, 0.2) is 0 Å². The summed E-state index contributed by atoms with van der Waals surface area (Å²) in [6.45, 7) is 11.6. The second-order valence-corrected chi connectivity index (χ2v) is 8.09. The van der Waals surface area contributed by atoms with E-state index in [1.54, 1.807) is 0 Å². The quantitative estimate of drug-likeness (QED) is 0.599. The van der Waals surface area contributed by atoms with Crippen LogP contribution >= 0.6 is 23.4 Å². The molecule has 1 unspecified atom stereocenters. The number of hydrogen-bond acceptors (Lipinski definition) is 4. The van der Waals surface area contributed by atoms with E-state index in [1.165, 1.54) is 0 Å². The molecule has 1 atom stereocenters. The molecular weight excluding hydrogens is 292 g/mol. The Morgan fingerprint density at radius 1 is 1.40 bits per heavy atom. The summed E-state index contributed by atoms with van der Waals surface area (Å²) in [7, 11) is 0. The molecule has 4 nitrogen and oxygen atoms in total. The monoisotopic (exact) mass is 318 g/mol. The molecule has 0 amide bonds. The van der Waals surface area contributed by atoms with Gasteiger partial charge in [0.05, 0.1) is 16.4 Å². The number of halogens is 1. The van der Waals surface area contributed by atoms with Gasteiger partial charge >= 0.3 is 0 Å². The van der Waals surface area contributed by atoms with E-state index >= 15 is 0 Å². The molecule has 0 aliphatic heterocycles. The summed E-state index contributed by atoms with van der Waals surface area (Å²) in [5, 5.41) is 5.35. The fraction of sp³-hybridized carbons (Fsp3) is 0.786. The average molecular weight is 319 g/mol. The molecule has 1 heterocycles. The maximum atomic E-state index is 6.44. The lowest BCUT2D eigenvalue weighted by Gasteiger charge is -2.22. The van der Waals surface area contributed by atoms with Gasteiger partial charge in [-0.05, 0) is 13.3 Å². The number of hydrazine groups is 1. The lowest BCUT2D eigenvalue weighted by atomic mass is 10.1. The van der Waals surface area contributed by atoms with Crippen LogP contribution in [0, 0.1) is 0 Å². The molecule has 6 heteroatoms. The Bertz CT molecular complexity index is 426. The van der Waals surface area contributed by atoms with Crippen LogP contribution in [0.15, 0.2) is 0 Å². The summed E-state index contributed by atoms with van der Waals surface area (Å²) in [5.74, 6) is 6.65. The smallest absolute Gasteiger partial charge is 0.0850 e. The van der Waals surface area contributed by atoms with Gasteiger partial charge in [0, 0.05) is 29.5 Å². The fourth-order valence-electron chi connectivity index (χ4n) is 1.96. The Kier molecular flexibility index (Phi) is 6.85. The molecule has 1 aromatic heterocycles. The van der Waals surface area contributed by atoms with E-state index in [4.69, 9.17) is 17.4 Å². The predicted octanol–water partition coefficient (Wildman–Crippen LogP) is 3.02. The standard InChI is InChI=1S/C14H27ClN4S/c1-6-11-13(15)12(19(7-2)18-11)8-10(17-16)9-20-14(3,4)5/h10,17H,6-9,16H2,1-5H3. The highest BCUT2D eigenvalue weighted by Crippen LogP contribution is 2.27. The number of nitrogens with two attached hydrogens (primary N) is 1. The van der Waals surface area contributed by atoms with Crippen LogP contribution in [-0.2, 0) is 19.4 Å². The number of nitrogens with one attached hydrogen (secondary N) is 1. The van der Waals surface area contributed by atoms with E-state index in [0.717, 1.165) is 41.5 Å². The Morgan fingerprint density at radius 3 is 2.50 bits per heavy atom. The second-order valence-electron chi connectivity index (χ2n) is 5.87. The van der Waals surface area contributed by atoms with E-state index in [0.29, 0.717) is 0 Å². The molecule has 3 N–H and O–H groups in total. The summed E-state index contributed by atoms with van der Waals surface area (Å²) < 4.78 is 2.23. The van der Waals surface area contributed by atoms with Crippen LogP contribution in [0.5, 0.6) is 0 Å². The molecule has 1 rings (SSSR count). The molecule has 1 aromatic rings. The number of thioether (sulfide) groups is 1. The van der Waals surface area contributed by atoms with E-state index in [9.17, 15) is 0 Å². The van der Waals surface area contributed by atoms with Crippen LogP contribution in [0.1, 0.15) is 46.0 Å². The van der Waals surface area contributed by atoms with Crippen molar-refractivity contribution in [3.63, 3.8) is 0 Å². The zero-order valence-corrected chi connectivity index (χ0v) is 14.7. The molecular formula is C14H27ClN4S. The summed E-state index contributed by atoms with van der Waals surface area (Å²) in [6, 6.07) is 0.198. The Balaban J connectivity index is 2.81. The van der Waals surface area contributed by atoms with Crippen LogP contribution in [0.25, 0.3) is 0 Å². The Labute approximate surface area is 131 Å². The zero-order valence-electron chi connectivity index (χ0n) is 13.2. The van der Waals surface area contributed by atoms with Crippen LogP contribution in [0.2, 0.25) is 5.02 Å². The van der Waals surface area contributed by atoms with Gasteiger partial charge in [0.25, 0.3) is 0 Å². The second kappa shape index (κ2) is 7.69. The minimum Gasteiger partial charge on any atom is -0.271 e. The number of hydrogen-bond donors (Lipinski definition) is 2.